The van der Waals surface area contributed by atoms with E-state index in [1.807, 2.05) is 26.0 Å². The Morgan fingerprint density at radius 3 is 2.26 bits per heavy atom. The maximum absolute atomic E-state index is 5.97. The molecule has 0 bridgehead atoms. The number of hydrogen-bond donors (Lipinski definition) is 0. The lowest BCUT2D eigenvalue weighted by Crippen LogP contribution is -2.36. The third kappa shape index (κ3) is 4.34. The predicted octanol–water partition coefficient (Wildman–Crippen LogP) is 5.95. The first-order chi connectivity index (χ1) is 15.1. The molecular weight excluding hydrogens is 386 g/mol. The minimum Gasteiger partial charge on any atom is -0.497 e. The van der Waals surface area contributed by atoms with Crippen molar-refractivity contribution in [2.24, 2.45) is 0 Å². The van der Waals surface area contributed by atoms with E-state index in [4.69, 9.17) is 14.2 Å². The summed E-state index contributed by atoms with van der Waals surface area (Å²) in [7, 11) is 1.70. The summed E-state index contributed by atoms with van der Waals surface area (Å²) in [5.41, 5.74) is 6.33. The van der Waals surface area contributed by atoms with Gasteiger partial charge in [0.1, 0.15) is 5.75 Å². The first-order valence-corrected chi connectivity index (χ1v) is 11.0. The van der Waals surface area contributed by atoms with Crippen LogP contribution in [0.15, 0.2) is 60.7 Å². The largest absolute Gasteiger partial charge is 0.497 e. The van der Waals surface area contributed by atoms with Gasteiger partial charge in [0.05, 0.1) is 26.4 Å². The number of anilines is 1. The molecule has 0 aromatic heterocycles. The Kier molecular flexibility index (Phi) is 6.36. The molecule has 1 aliphatic heterocycles. The molecule has 3 aromatic carbocycles. The molecule has 0 radical (unpaired) electrons. The smallest absolute Gasteiger partial charge is 0.161 e. The van der Waals surface area contributed by atoms with E-state index in [-0.39, 0.29) is 6.04 Å². The van der Waals surface area contributed by atoms with E-state index in [2.05, 4.69) is 60.4 Å². The molecule has 4 rings (SSSR count). The van der Waals surface area contributed by atoms with Crippen LogP contribution in [-0.4, -0.2) is 26.9 Å². The van der Waals surface area contributed by atoms with E-state index in [1.54, 1.807) is 7.11 Å². The van der Waals surface area contributed by atoms with Crippen LogP contribution in [0.5, 0.6) is 17.2 Å². The maximum atomic E-state index is 5.97. The molecule has 3 aromatic rings. The van der Waals surface area contributed by atoms with Crippen LogP contribution in [0.25, 0.3) is 0 Å². The Balaban J connectivity index is 1.85. The number of methoxy groups -OCH3 is 1. The average Bonchev–Trinajstić information content (AvgIpc) is 2.79. The molecule has 1 unspecified atom stereocenters. The summed E-state index contributed by atoms with van der Waals surface area (Å²) in [6.07, 6.45) is 0.955. The van der Waals surface area contributed by atoms with Crippen LogP contribution in [0.3, 0.4) is 0 Å². The van der Waals surface area contributed by atoms with E-state index < -0.39 is 0 Å². The van der Waals surface area contributed by atoms with Crippen molar-refractivity contribution in [1.82, 2.24) is 0 Å². The van der Waals surface area contributed by atoms with Crippen molar-refractivity contribution in [3.63, 3.8) is 0 Å². The summed E-state index contributed by atoms with van der Waals surface area (Å²) in [5, 5.41) is 0. The quantitative estimate of drug-likeness (QED) is 0.475. The first-order valence-electron chi connectivity index (χ1n) is 11.0. The Morgan fingerprint density at radius 1 is 0.903 bits per heavy atom. The number of rotatable bonds is 7. The Hall–Kier alpha value is -3.14. The van der Waals surface area contributed by atoms with Gasteiger partial charge in [-0.3, -0.25) is 0 Å². The van der Waals surface area contributed by atoms with Gasteiger partial charge in [-0.15, -0.1) is 0 Å². The van der Waals surface area contributed by atoms with E-state index in [0.717, 1.165) is 30.2 Å². The average molecular weight is 418 g/mol. The first kappa shape index (κ1) is 21.1. The summed E-state index contributed by atoms with van der Waals surface area (Å²) in [4.78, 5) is 2.48. The van der Waals surface area contributed by atoms with Crippen molar-refractivity contribution in [1.29, 1.82) is 0 Å². The topological polar surface area (TPSA) is 30.9 Å². The maximum Gasteiger partial charge on any atom is 0.161 e. The fourth-order valence-electron chi connectivity index (χ4n) is 4.41. The minimum absolute atomic E-state index is 0.104. The molecule has 0 aliphatic carbocycles. The second kappa shape index (κ2) is 9.34. The lowest BCUT2D eigenvalue weighted by molar-refractivity contribution is 0.286. The molecule has 31 heavy (non-hydrogen) atoms. The molecule has 0 spiro atoms. The normalized spacial score (nSPS) is 15.4. The zero-order chi connectivity index (χ0) is 21.8. The molecule has 162 valence electrons. The highest BCUT2D eigenvalue weighted by atomic mass is 16.5. The zero-order valence-corrected chi connectivity index (χ0v) is 18.9. The highest BCUT2D eigenvalue weighted by Gasteiger charge is 2.31. The molecule has 0 amide bonds. The van der Waals surface area contributed by atoms with Gasteiger partial charge in [0.25, 0.3) is 0 Å². The molecule has 4 heteroatoms. The second-order valence-electron chi connectivity index (χ2n) is 7.82. The lowest BCUT2D eigenvalue weighted by Gasteiger charge is -2.40. The van der Waals surface area contributed by atoms with E-state index in [9.17, 15) is 0 Å². The summed E-state index contributed by atoms with van der Waals surface area (Å²) in [5.74, 6) is 2.52. The van der Waals surface area contributed by atoms with Crippen molar-refractivity contribution in [2.75, 3.05) is 31.8 Å². The molecule has 0 saturated heterocycles. The zero-order valence-electron chi connectivity index (χ0n) is 18.9. The predicted molar refractivity (Wildman–Crippen MR) is 126 cm³/mol. The van der Waals surface area contributed by atoms with Crippen LogP contribution in [0, 0.1) is 6.92 Å². The van der Waals surface area contributed by atoms with Gasteiger partial charge in [-0.1, -0.05) is 29.8 Å². The lowest BCUT2D eigenvalue weighted by atomic mass is 9.86. The molecule has 1 aliphatic rings. The summed E-state index contributed by atoms with van der Waals surface area (Å²) in [6, 6.07) is 21.6. The van der Waals surface area contributed by atoms with Gasteiger partial charge in [-0.2, -0.15) is 0 Å². The van der Waals surface area contributed by atoms with Gasteiger partial charge >= 0.3 is 0 Å². The highest BCUT2D eigenvalue weighted by molar-refractivity contribution is 5.60. The minimum atomic E-state index is 0.104. The van der Waals surface area contributed by atoms with Crippen molar-refractivity contribution in [3.8, 4) is 17.2 Å². The summed E-state index contributed by atoms with van der Waals surface area (Å²) >= 11 is 0. The van der Waals surface area contributed by atoms with Crippen LogP contribution in [0.4, 0.5) is 5.69 Å². The van der Waals surface area contributed by atoms with E-state index in [0.29, 0.717) is 13.2 Å². The second-order valence-corrected chi connectivity index (χ2v) is 7.82. The molecular formula is C27H31NO3. The van der Waals surface area contributed by atoms with Crippen molar-refractivity contribution < 1.29 is 14.2 Å². The molecule has 0 fully saturated rings. The van der Waals surface area contributed by atoms with Crippen LogP contribution in [0.1, 0.15) is 42.1 Å². The third-order valence-corrected chi connectivity index (χ3v) is 5.80. The number of nitrogens with zero attached hydrogens (tertiary/aromatic N) is 1. The number of fused-ring (bicyclic) bond motifs is 1. The van der Waals surface area contributed by atoms with Gasteiger partial charge in [-0.25, -0.2) is 0 Å². The van der Waals surface area contributed by atoms with Crippen molar-refractivity contribution >= 4 is 5.69 Å². The van der Waals surface area contributed by atoms with Gasteiger partial charge in [-0.05, 0) is 80.3 Å². The molecule has 1 atom stereocenters. The number of ether oxygens (including phenoxy) is 3. The SMILES string of the molecule is CCOc1cc2c(cc1OCC)C(c1cccc(C)c1)N(c1ccc(OC)cc1)CC2. The van der Waals surface area contributed by atoms with Gasteiger partial charge < -0.3 is 19.1 Å². The molecule has 1 heterocycles. The van der Waals surface area contributed by atoms with Crippen LogP contribution in [0.2, 0.25) is 0 Å². The Labute approximate surface area is 185 Å². The fraction of sp³-hybridized carbons (Fsp3) is 0.333. The molecule has 4 nitrogen and oxygen atoms in total. The summed E-state index contributed by atoms with van der Waals surface area (Å²) < 4.78 is 17.2. The van der Waals surface area contributed by atoms with Crippen molar-refractivity contribution in [2.45, 2.75) is 33.2 Å². The van der Waals surface area contributed by atoms with Gasteiger partial charge in [0, 0.05) is 12.2 Å². The fourth-order valence-corrected chi connectivity index (χ4v) is 4.41. The van der Waals surface area contributed by atoms with E-state index >= 15 is 0 Å². The number of hydrogen-bond acceptors (Lipinski definition) is 4. The Bertz CT molecular complexity index is 1030. The third-order valence-electron chi connectivity index (χ3n) is 5.80. The summed E-state index contributed by atoms with van der Waals surface area (Å²) in [6.45, 7) is 8.33. The number of benzene rings is 3. The van der Waals surface area contributed by atoms with Gasteiger partial charge in [0.15, 0.2) is 11.5 Å². The van der Waals surface area contributed by atoms with Gasteiger partial charge in [0.2, 0.25) is 0 Å². The molecule has 0 saturated carbocycles. The Morgan fingerprint density at radius 2 is 1.61 bits per heavy atom. The van der Waals surface area contributed by atoms with E-state index in [1.165, 1.54) is 27.9 Å². The standard InChI is InChI=1S/C27H31NO3/c1-5-30-25-17-20-14-15-28(22-10-12-23(29-4)13-11-22)27(21-9-7-8-19(3)16-21)24(20)18-26(25)31-6-2/h7-13,16-18,27H,5-6,14-15H2,1-4H3. The highest BCUT2D eigenvalue weighted by Crippen LogP contribution is 2.43. The monoisotopic (exact) mass is 417 g/mol. The van der Waals surface area contributed by atoms with Crippen LogP contribution >= 0.6 is 0 Å². The van der Waals surface area contributed by atoms with Crippen LogP contribution < -0.4 is 19.1 Å². The number of aryl methyl sites for hydroxylation is 1. The van der Waals surface area contributed by atoms with Crippen molar-refractivity contribution in [3.05, 3.63) is 82.9 Å². The molecule has 0 N–H and O–H groups in total. The van der Waals surface area contributed by atoms with Crippen LogP contribution in [-0.2, 0) is 6.42 Å².